The smallest absolute Gasteiger partial charge is 0.238 e. The van der Waals surface area contributed by atoms with Crippen molar-refractivity contribution in [3.05, 3.63) is 47.1 Å². The molecule has 1 aromatic carbocycles. The van der Waals surface area contributed by atoms with Crippen LogP contribution in [0, 0.1) is 5.92 Å². The standard InChI is InChI=1S/C20H26ClN5O/c1-14(2)12-18(27)23-25-20-19(21)17(13-22-24-20)26-10-8-16(9-11-26)15-6-4-3-5-7-15/h3-7,13-14,16H,8-12H2,1-2H3,(H,23,27)(H,24,25). The van der Waals surface area contributed by atoms with E-state index in [1.807, 2.05) is 13.8 Å². The summed E-state index contributed by atoms with van der Waals surface area (Å²) in [6.07, 6.45) is 4.25. The van der Waals surface area contributed by atoms with Crippen molar-refractivity contribution in [3.8, 4) is 0 Å². The highest BCUT2D eigenvalue weighted by molar-refractivity contribution is 6.35. The van der Waals surface area contributed by atoms with E-state index in [0.717, 1.165) is 31.6 Å². The van der Waals surface area contributed by atoms with Gasteiger partial charge < -0.3 is 4.90 Å². The first kappa shape index (κ1) is 19.4. The van der Waals surface area contributed by atoms with Crippen LogP contribution in [0.4, 0.5) is 11.5 Å². The zero-order valence-electron chi connectivity index (χ0n) is 15.8. The van der Waals surface area contributed by atoms with Gasteiger partial charge in [0.25, 0.3) is 0 Å². The van der Waals surface area contributed by atoms with E-state index in [2.05, 4.69) is 56.3 Å². The highest BCUT2D eigenvalue weighted by atomic mass is 35.5. The number of carbonyl (C=O) groups is 1. The van der Waals surface area contributed by atoms with E-state index in [4.69, 9.17) is 11.6 Å². The molecule has 6 nitrogen and oxygen atoms in total. The van der Waals surface area contributed by atoms with E-state index >= 15 is 0 Å². The average molecular weight is 388 g/mol. The van der Waals surface area contributed by atoms with Crippen molar-refractivity contribution in [3.63, 3.8) is 0 Å². The second-order valence-corrected chi connectivity index (χ2v) is 7.71. The number of anilines is 2. The number of piperidine rings is 1. The average Bonchev–Trinajstić information content (AvgIpc) is 2.67. The number of benzene rings is 1. The van der Waals surface area contributed by atoms with Gasteiger partial charge in [-0.15, -0.1) is 5.10 Å². The Morgan fingerprint density at radius 2 is 1.96 bits per heavy atom. The lowest BCUT2D eigenvalue weighted by Crippen LogP contribution is -2.34. The zero-order chi connectivity index (χ0) is 19.2. The predicted molar refractivity (Wildman–Crippen MR) is 109 cm³/mol. The molecule has 1 saturated heterocycles. The molecular weight excluding hydrogens is 362 g/mol. The normalized spacial score (nSPS) is 15.0. The van der Waals surface area contributed by atoms with Gasteiger partial charge in [0.15, 0.2) is 5.82 Å². The molecule has 1 amide bonds. The van der Waals surface area contributed by atoms with Gasteiger partial charge in [-0.1, -0.05) is 55.8 Å². The lowest BCUT2D eigenvalue weighted by atomic mass is 9.89. The van der Waals surface area contributed by atoms with Crippen LogP contribution in [0.15, 0.2) is 36.5 Å². The molecule has 0 atom stereocenters. The van der Waals surface area contributed by atoms with E-state index in [1.165, 1.54) is 5.56 Å². The molecule has 0 spiro atoms. The lowest BCUT2D eigenvalue weighted by molar-refractivity contribution is -0.121. The van der Waals surface area contributed by atoms with Crippen LogP contribution in [0.3, 0.4) is 0 Å². The first-order chi connectivity index (χ1) is 13.0. The van der Waals surface area contributed by atoms with Gasteiger partial charge in [0.05, 0.1) is 11.9 Å². The van der Waals surface area contributed by atoms with Crippen LogP contribution in [-0.4, -0.2) is 29.2 Å². The number of halogens is 1. The molecule has 2 N–H and O–H groups in total. The third-order valence-electron chi connectivity index (χ3n) is 4.79. The number of nitrogens with zero attached hydrogens (tertiary/aromatic N) is 3. The van der Waals surface area contributed by atoms with Crippen molar-refractivity contribution in [2.45, 2.75) is 39.0 Å². The van der Waals surface area contributed by atoms with Gasteiger partial charge in [0.1, 0.15) is 5.02 Å². The Hall–Kier alpha value is -2.34. The molecule has 144 valence electrons. The van der Waals surface area contributed by atoms with Crippen LogP contribution >= 0.6 is 11.6 Å². The van der Waals surface area contributed by atoms with Crippen LogP contribution in [-0.2, 0) is 4.79 Å². The Morgan fingerprint density at radius 1 is 1.26 bits per heavy atom. The van der Waals surface area contributed by atoms with Crippen LogP contribution in [0.1, 0.15) is 44.6 Å². The summed E-state index contributed by atoms with van der Waals surface area (Å²) in [5.41, 5.74) is 7.68. The van der Waals surface area contributed by atoms with Gasteiger partial charge in [-0.25, -0.2) is 0 Å². The molecule has 0 unspecified atom stereocenters. The van der Waals surface area contributed by atoms with Crippen molar-refractivity contribution in [1.82, 2.24) is 15.6 Å². The van der Waals surface area contributed by atoms with E-state index in [-0.39, 0.29) is 11.8 Å². The molecule has 2 aromatic rings. The summed E-state index contributed by atoms with van der Waals surface area (Å²) in [5, 5.41) is 8.54. The highest BCUT2D eigenvalue weighted by Crippen LogP contribution is 2.35. The van der Waals surface area contributed by atoms with Crippen molar-refractivity contribution in [1.29, 1.82) is 0 Å². The van der Waals surface area contributed by atoms with Crippen LogP contribution in [0.25, 0.3) is 0 Å². The van der Waals surface area contributed by atoms with E-state index in [1.54, 1.807) is 6.20 Å². The van der Waals surface area contributed by atoms with Crippen LogP contribution in [0.5, 0.6) is 0 Å². The second-order valence-electron chi connectivity index (χ2n) is 7.34. The SMILES string of the molecule is CC(C)CC(=O)NNc1nncc(N2CCC(c3ccccc3)CC2)c1Cl. The van der Waals surface area contributed by atoms with Gasteiger partial charge in [0, 0.05) is 19.5 Å². The number of hydrogen-bond donors (Lipinski definition) is 2. The number of nitrogens with one attached hydrogen (secondary N) is 2. The fourth-order valence-electron chi connectivity index (χ4n) is 3.39. The lowest BCUT2D eigenvalue weighted by Gasteiger charge is -2.34. The molecule has 1 aliphatic rings. The summed E-state index contributed by atoms with van der Waals surface area (Å²) in [6.45, 7) is 5.80. The number of carbonyl (C=O) groups excluding carboxylic acids is 1. The molecule has 1 aliphatic heterocycles. The summed E-state index contributed by atoms with van der Waals surface area (Å²) in [4.78, 5) is 14.1. The summed E-state index contributed by atoms with van der Waals surface area (Å²) >= 11 is 6.53. The Morgan fingerprint density at radius 3 is 2.63 bits per heavy atom. The highest BCUT2D eigenvalue weighted by Gasteiger charge is 2.23. The van der Waals surface area contributed by atoms with Crippen molar-refractivity contribution >= 4 is 29.0 Å². The van der Waals surface area contributed by atoms with Crippen LogP contribution < -0.4 is 15.8 Å². The predicted octanol–water partition coefficient (Wildman–Crippen LogP) is 4.00. The number of rotatable bonds is 6. The van der Waals surface area contributed by atoms with E-state index in [0.29, 0.717) is 23.2 Å². The Bertz CT molecular complexity index is 760. The molecule has 0 bridgehead atoms. The van der Waals surface area contributed by atoms with Gasteiger partial charge >= 0.3 is 0 Å². The minimum Gasteiger partial charge on any atom is -0.369 e. The maximum atomic E-state index is 11.8. The Kier molecular flexibility index (Phi) is 6.50. The van der Waals surface area contributed by atoms with Crippen LogP contribution in [0.2, 0.25) is 5.02 Å². The minimum atomic E-state index is -0.100. The van der Waals surface area contributed by atoms with Gasteiger partial charge in [0.2, 0.25) is 5.91 Å². The number of aromatic nitrogens is 2. The van der Waals surface area contributed by atoms with Gasteiger partial charge in [-0.3, -0.25) is 15.6 Å². The summed E-state index contributed by atoms with van der Waals surface area (Å²) < 4.78 is 0. The molecule has 0 radical (unpaired) electrons. The van der Waals surface area contributed by atoms with Crippen molar-refractivity contribution in [2.24, 2.45) is 5.92 Å². The molecule has 0 saturated carbocycles. The number of hydrogen-bond acceptors (Lipinski definition) is 5. The second kappa shape index (κ2) is 9.04. The molecule has 27 heavy (non-hydrogen) atoms. The van der Waals surface area contributed by atoms with Crippen molar-refractivity contribution in [2.75, 3.05) is 23.4 Å². The van der Waals surface area contributed by atoms with E-state index in [9.17, 15) is 4.79 Å². The third kappa shape index (κ3) is 5.10. The molecule has 3 rings (SSSR count). The van der Waals surface area contributed by atoms with E-state index < -0.39 is 0 Å². The van der Waals surface area contributed by atoms with Crippen molar-refractivity contribution < 1.29 is 4.79 Å². The maximum absolute atomic E-state index is 11.8. The monoisotopic (exact) mass is 387 g/mol. The third-order valence-corrected chi connectivity index (χ3v) is 5.16. The fraction of sp³-hybridized carbons (Fsp3) is 0.450. The molecule has 2 heterocycles. The molecule has 1 fully saturated rings. The fourth-order valence-corrected chi connectivity index (χ4v) is 3.65. The summed E-state index contributed by atoms with van der Waals surface area (Å²) in [6, 6.07) is 10.6. The molecule has 1 aromatic heterocycles. The maximum Gasteiger partial charge on any atom is 0.238 e. The topological polar surface area (TPSA) is 70.1 Å². The molecular formula is C20H26ClN5O. The van der Waals surface area contributed by atoms with Gasteiger partial charge in [-0.2, -0.15) is 5.10 Å². The van der Waals surface area contributed by atoms with Gasteiger partial charge in [-0.05, 0) is 30.2 Å². The quantitative estimate of drug-likeness (QED) is 0.733. The minimum absolute atomic E-state index is 0.100. The first-order valence-corrected chi connectivity index (χ1v) is 9.78. The summed E-state index contributed by atoms with van der Waals surface area (Å²) in [5.74, 6) is 1.13. The summed E-state index contributed by atoms with van der Waals surface area (Å²) in [7, 11) is 0. The zero-order valence-corrected chi connectivity index (χ0v) is 16.5. The first-order valence-electron chi connectivity index (χ1n) is 9.40. The largest absolute Gasteiger partial charge is 0.369 e. The number of amides is 1. The Balaban J connectivity index is 1.62. The Labute approximate surface area is 165 Å². The molecule has 0 aliphatic carbocycles. The molecule has 7 heteroatoms. The number of hydrazine groups is 1.